The van der Waals surface area contributed by atoms with Crippen LogP contribution in [0.3, 0.4) is 0 Å². The highest BCUT2D eigenvalue weighted by Crippen LogP contribution is 2.17. The molecule has 0 fully saturated rings. The highest BCUT2D eigenvalue weighted by molar-refractivity contribution is 7.99. The van der Waals surface area contributed by atoms with Crippen LogP contribution in [0, 0.1) is 0 Å². The molecule has 0 radical (unpaired) electrons. The zero-order chi connectivity index (χ0) is 19.5. The third-order valence-corrected chi connectivity index (χ3v) is 5.66. The highest BCUT2D eigenvalue weighted by atomic mass is 32.2. The Bertz CT molecular complexity index is 1150. The largest absolute Gasteiger partial charge is 0.342 e. The molecule has 0 amide bonds. The van der Waals surface area contributed by atoms with Gasteiger partial charge in [-0.1, -0.05) is 36.0 Å². The molecule has 0 aliphatic rings. The van der Waals surface area contributed by atoms with Gasteiger partial charge in [0.2, 0.25) is 5.16 Å². The normalized spacial score (nSPS) is 11.4. The minimum Gasteiger partial charge on any atom is -0.342 e. The molecule has 2 heterocycles. The molecule has 4 rings (SSSR count). The first-order valence-electron chi connectivity index (χ1n) is 9.08. The van der Waals surface area contributed by atoms with Crippen LogP contribution in [0.2, 0.25) is 0 Å². The molecule has 0 aliphatic carbocycles. The standard InChI is InChI=1S/C19H21N7OS/c1-24-16-9-8-14(12-17(16)25(2)19(24)27)13-20-10-11-28-18-21-22-23-26(18)15-6-4-3-5-7-15/h3-9,12,20H,10-11,13H2,1-2H3/p+1. The Morgan fingerprint density at radius 3 is 2.64 bits per heavy atom. The maximum absolute atomic E-state index is 12.0. The average molecular weight is 397 g/mol. The second-order valence-corrected chi connectivity index (χ2v) is 7.62. The third kappa shape index (κ3) is 3.58. The first kappa shape index (κ1) is 18.5. The molecule has 2 aromatic carbocycles. The number of fused-ring (bicyclic) bond motifs is 1. The van der Waals surface area contributed by atoms with Gasteiger partial charge < -0.3 is 5.32 Å². The van der Waals surface area contributed by atoms with E-state index in [1.807, 2.05) is 43.4 Å². The fourth-order valence-corrected chi connectivity index (χ4v) is 4.01. The van der Waals surface area contributed by atoms with Crippen molar-refractivity contribution in [2.45, 2.75) is 11.7 Å². The topological polar surface area (TPSA) is 87.1 Å². The van der Waals surface area contributed by atoms with Crippen LogP contribution in [0.15, 0.2) is 58.5 Å². The average Bonchev–Trinajstić information content (AvgIpc) is 3.28. The van der Waals surface area contributed by atoms with E-state index in [1.165, 1.54) is 5.56 Å². The Morgan fingerprint density at radius 2 is 1.82 bits per heavy atom. The monoisotopic (exact) mass is 396 g/mol. The van der Waals surface area contributed by atoms with Gasteiger partial charge in [-0.2, -0.15) is 4.68 Å². The van der Waals surface area contributed by atoms with E-state index >= 15 is 0 Å². The molecule has 0 aliphatic heterocycles. The zero-order valence-electron chi connectivity index (χ0n) is 15.8. The first-order valence-corrected chi connectivity index (χ1v) is 10.1. The molecule has 0 unspecified atom stereocenters. The van der Waals surface area contributed by atoms with E-state index in [2.05, 4.69) is 33.0 Å². The van der Waals surface area contributed by atoms with E-state index in [0.717, 1.165) is 40.7 Å². The fraction of sp³-hybridized carbons (Fsp3) is 0.263. The quantitative estimate of drug-likeness (QED) is 0.367. The number of aromatic nitrogens is 6. The Balaban J connectivity index is 1.33. The third-order valence-electron chi connectivity index (χ3n) is 4.71. The molecular weight excluding hydrogens is 374 g/mol. The molecule has 0 atom stereocenters. The fourth-order valence-electron chi connectivity index (χ4n) is 3.18. The van der Waals surface area contributed by atoms with Crippen LogP contribution in [0.1, 0.15) is 5.56 Å². The van der Waals surface area contributed by atoms with Crippen LogP contribution in [-0.2, 0) is 20.6 Å². The summed E-state index contributed by atoms with van der Waals surface area (Å²) in [5, 5.41) is 15.0. The van der Waals surface area contributed by atoms with Crippen molar-refractivity contribution in [3.8, 4) is 5.69 Å². The maximum Gasteiger partial charge on any atom is 0.328 e. The molecule has 8 nitrogen and oxygen atoms in total. The molecule has 28 heavy (non-hydrogen) atoms. The number of imidazole rings is 1. The van der Waals surface area contributed by atoms with Gasteiger partial charge in [0.1, 0.15) is 6.54 Å². The number of benzene rings is 2. The number of aryl methyl sites for hydroxylation is 2. The van der Waals surface area contributed by atoms with Gasteiger partial charge in [0, 0.05) is 19.7 Å². The first-order chi connectivity index (χ1) is 13.6. The van der Waals surface area contributed by atoms with Gasteiger partial charge in [-0.05, 0) is 34.7 Å². The van der Waals surface area contributed by atoms with Crippen molar-refractivity contribution < 1.29 is 5.32 Å². The number of nitrogens with zero attached hydrogens (tertiary/aromatic N) is 6. The van der Waals surface area contributed by atoms with Crippen LogP contribution in [0.4, 0.5) is 0 Å². The van der Waals surface area contributed by atoms with E-state index in [9.17, 15) is 4.79 Å². The van der Waals surface area contributed by atoms with Gasteiger partial charge in [-0.15, -0.1) is 5.10 Å². The summed E-state index contributed by atoms with van der Waals surface area (Å²) in [6, 6.07) is 16.1. The molecule has 0 saturated heterocycles. The molecule has 9 heteroatoms. The van der Waals surface area contributed by atoms with Crippen molar-refractivity contribution in [3.05, 3.63) is 64.6 Å². The summed E-state index contributed by atoms with van der Waals surface area (Å²) in [6.45, 7) is 1.81. The van der Waals surface area contributed by atoms with Crippen molar-refractivity contribution in [1.29, 1.82) is 0 Å². The number of quaternary nitrogens is 1. The van der Waals surface area contributed by atoms with E-state index in [-0.39, 0.29) is 5.69 Å². The minimum absolute atomic E-state index is 0.00340. The Labute approximate surface area is 166 Å². The summed E-state index contributed by atoms with van der Waals surface area (Å²) in [7, 11) is 3.61. The number of hydrogen-bond donors (Lipinski definition) is 1. The molecule has 4 aromatic rings. The van der Waals surface area contributed by atoms with Crippen molar-refractivity contribution in [2.24, 2.45) is 14.1 Å². The van der Waals surface area contributed by atoms with Crippen LogP contribution < -0.4 is 11.0 Å². The van der Waals surface area contributed by atoms with Crippen LogP contribution in [-0.4, -0.2) is 41.6 Å². The van der Waals surface area contributed by atoms with Gasteiger partial charge in [0.15, 0.2) is 0 Å². The van der Waals surface area contributed by atoms with E-state index in [0.29, 0.717) is 0 Å². The van der Waals surface area contributed by atoms with E-state index in [4.69, 9.17) is 0 Å². The summed E-state index contributed by atoms with van der Waals surface area (Å²) in [4.78, 5) is 12.0. The van der Waals surface area contributed by atoms with Crippen LogP contribution in [0.5, 0.6) is 0 Å². The number of rotatable bonds is 7. The van der Waals surface area contributed by atoms with Gasteiger partial charge in [0.05, 0.1) is 29.0 Å². The SMILES string of the molecule is Cn1c(=O)n(C)c2cc(C[NH2+]CCSc3nnnn3-c3ccccc3)ccc21. The predicted molar refractivity (Wildman–Crippen MR) is 109 cm³/mol. The summed E-state index contributed by atoms with van der Waals surface area (Å²) < 4.78 is 5.13. The lowest BCUT2D eigenvalue weighted by atomic mass is 10.2. The number of thioether (sulfide) groups is 1. The summed E-state index contributed by atoms with van der Waals surface area (Å²) in [5.41, 5.74) is 4.09. The van der Waals surface area contributed by atoms with E-state index < -0.39 is 0 Å². The number of nitrogens with two attached hydrogens (primary N) is 1. The summed E-state index contributed by atoms with van der Waals surface area (Å²) in [6.07, 6.45) is 0. The van der Waals surface area contributed by atoms with Crippen molar-refractivity contribution >= 4 is 22.8 Å². The minimum atomic E-state index is 0.00340. The van der Waals surface area contributed by atoms with Crippen LogP contribution in [0.25, 0.3) is 16.7 Å². The second kappa shape index (κ2) is 7.99. The number of hydrogen-bond acceptors (Lipinski definition) is 5. The summed E-state index contributed by atoms with van der Waals surface area (Å²) in [5.74, 6) is 0.902. The van der Waals surface area contributed by atoms with Crippen LogP contribution >= 0.6 is 11.8 Å². The Morgan fingerprint density at radius 1 is 1.04 bits per heavy atom. The molecule has 2 aromatic heterocycles. The van der Waals surface area contributed by atoms with Crippen molar-refractivity contribution in [3.63, 3.8) is 0 Å². The van der Waals surface area contributed by atoms with Crippen molar-refractivity contribution in [1.82, 2.24) is 29.3 Å². The van der Waals surface area contributed by atoms with Gasteiger partial charge in [0.25, 0.3) is 0 Å². The molecule has 144 valence electrons. The van der Waals surface area contributed by atoms with Gasteiger partial charge in [-0.3, -0.25) is 9.13 Å². The highest BCUT2D eigenvalue weighted by Gasteiger charge is 2.10. The van der Waals surface area contributed by atoms with Crippen molar-refractivity contribution in [2.75, 3.05) is 12.3 Å². The van der Waals surface area contributed by atoms with Gasteiger partial charge in [-0.25, -0.2) is 4.79 Å². The predicted octanol–water partition coefficient (Wildman–Crippen LogP) is 0.708. The molecule has 0 spiro atoms. The molecule has 0 saturated carbocycles. The molecule has 2 N–H and O–H groups in total. The van der Waals surface area contributed by atoms with Gasteiger partial charge >= 0.3 is 5.69 Å². The second-order valence-electron chi connectivity index (χ2n) is 6.56. The maximum atomic E-state index is 12.0. The Kier molecular flexibility index (Phi) is 5.27. The molecular formula is C19H22N7OS+. The lowest BCUT2D eigenvalue weighted by Crippen LogP contribution is -2.83. The zero-order valence-corrected chi connectivity index (χ0v) is 16.6. The lowest BCUT2D eigenvalue weighted by Gasteiger charge is -2.05. The smallest absolute Gasteiger partial charge is 0.328 e. The lowest BCUT2D eigenvalue weighted by molar-refractivity contribution is -0.666. The van der Waals surface area contributed by atoms with E-state index in [1.54, 1.807) is 32.6 Å². The number of para-hydroxylation sites is 1. The molecule has 0 bridgehead atoms. The summed E-state index contributed by atoms with van der Waals surface area (Å²) >= 11 is 1.64. The Hall–Kier alpha value is -2.91. The number of tetrazole rings is 1.